The van der Waals surface area contributed by atoms with Crippen molar-refractivity contribution in [2.24, 2.45) is 0 Å². The Balaban J connectivity index is 1.72. The van der Waals surface area contributed by atoms with Crippen molar-refractivity contribution in [2.75, 3.05) is 6.61 Å². The van der Waals surface area contributed by atoms with Crippen LogP contribution < -0.4 is 15.9 Å². The zero-order valence-corrected chi connectivity index (χ0v) is 23.3. The minimum absolute atomic E-state index is 0.0119. The molecule has 3 aromatic carbocycles. The maximum atomic E-state index is 14.1. The van der Waals surface area contributed by atoms with E-state index in [0.29, 0.717) is 40.7 Å². The zero-order valence-electron chi connectivity index (χ0n) is 23.3. The molecule has 0 aliphatic carbocycles. The largest absolute Gasteiger partial charge is 0.490 e. The minimum atomic E-state index is -1.13. The number of aromatic nitrogens is 4. The smallest absolute Gasteiger partial charge is 0.335 e. The van der Waals surface area contributed by atoms with Crippen molar-refractivity contribution in [1.82, 2.24) is 19.6 Å². The van der Waals surface area contributed by atoms with Gasteiger partial charge in [-0.25, -0.2) is 19.0 Å². The molecule has 2 heterocycles. The molecule has 0 unspecified atom stereocenters. The van der Waals surface area contributed by atoms with Crippen LogP contribution >= 0.6 is 0 Å². The molecule has 0 bridgehead atoms. The van der Waals surface area contributed by atoms with Gasteiger partial charge in [0.05, 0.1) is 33.6 Å². The lowest BCUT2D eigenvalue weighted by Gasteiger charge is -2.16. The van der Waals surface area contributed by atoms with Crippen LogP contribution in [-0.2, 0) is 0 Å². The number of hydrogen-bond acceptors (Lipinski definition) is 5. The van der Waals surface area contributed by atoms with Crippen molar-refractivity contribution < 1.29 is 24.5 Å². The van der Waals surface area contributed by atoms with Crippen LogP contribution in [0.1, 0.15) is 54.7 Å². The molecule has 11 nitrogen and oxygen atoms in total. The number of carboxylic acid groups (broad SMARTS) is 2. The van der Waals surface area contributed by atoms with Crippen molar-refractivity contribution >= 4 is 11.9 Å². The van der Waals surface area contributed by atoms with Crippen LogP contribution in [0.4, 0.5) is 0 Å². The summed E-state index contributed by atoms with van der Waals surface area (Å²) >= 11 is 0. The van der Waals surface area contributed by atoms with Crippen LogP contribution in [0, 0.1) is 13.8 Å². The van der Waals surface area contributed by atoms with Gasteiger partial charge in [-0.15, -0.1) is 0 Å². The Kier molecular flexibility index (Phi) is 7.72. The Labute approximate surface area is 244 Å². The molecule has 2 aromatic heterocycles. The molecule has 11 heteroatoms. The second-order valence-corrected chi connectivity index (χ2v) is 9.89. The van der Waals surface area contributed by atoms with E-state index in [1.807, 2.05) is 0 Å². The molecule has 0 spiro atoms. The number of benzene rings is 3. The molecule has 5 aromatic rings. The molecule has 0 aliphatic rings. The lowest BCUT2D eigenvalue weighted by molar-refractivity contribution is 0.0686. The van der Waals surface area contributed by atoms with Gasteiger partial charge in [0.25, 0.3) is 11.1 Å². The summed E-state index contributed by atoms with van der Waals surface area (Å²) < 4.78 is 8.13. The summed E-state index contributed by atoms with van der Waals surface area (Å²) in [4.78, 5) is 51.3. The van der Waals surface area contributed by atoms with E-state index < -0.39 is 29.0 Å². The van der Waals surface area contributed by atoms with Crippen LogP contribution in [0.5, 0.6) is 5.75 Å². The number of carboxylic acids is 2. The number of rotatable bonds is 10. The minimum Gasteiger partial charge on any atom is -0.490 e. The van der Waals surface area contributed by atoms with E-state index >= 15 is 0 Å². The topological polar surface area (TPSA) is 159 Å². The molecular formula is C32H28N4O7. The number of aromatic amines is 2. The third-order valence-electron chi connectivity index (χ3n) is 7.10. The van der Waals surface area contributed by atoms with E-state index in [2.05, 4.69) is 16.8 Å². The highest BCUT2D eigenvalue weighted by atomic mass is 16.5. The number of aromatic carboxylic acids is 2. The van der Waals surface area contributed by atoms with Gasteiger partial charge in [0.15, 0.2) is 0 Å². The Morgan fingerprint density at radius 3 is 1.70 bits per heavy atom. The van der Waals surface area contributed by atoms with Crippen molar-refractivity contribution in [3.05, 3.63) is 145 Å². The lowest BCUT2D eigenvalue weighted by atomic mass is 9.85. The summed E-state index contributed by atoms with van der Waals surface area (Å²) in [6.45, 7) is 7.37. The second-order valence-electron chi connectivity index (χ2n) is 9.89. The molecule has 0 saturated heterocycles. The van der Waals surface area contributed by atoms with Gasteiger partial charge in [-0.2, -0.15) is 0 Å². The number of aryl methyl sites for hydroxylation is 2. The van der Waals surface area contributed by atoms with Gasteiger partial charge < -0.3 is 14.9 Å². The molecule has 4 N–H and O–H groups in total. The number of hydrogen-bond donors (Lipinski definition) is 4. The van der Waals surface area contributed by atoms with Crippen LogP contribution in [-0.4, -0.2) is 48.3 Å². The lowest BCUT2D eigenvalue weighted by Crippen LogP contribution is -2.25. The van der Waals surface area contributed by atoms with Gasteiger partial charge in [-0.05, 0) is 67.9 Å². The molecule has 218 valence electrons. The standard InChI is InChI=1S/C32H28N4O7/c1-4-15-43-25-13-11-20(12-14-25)28(26-18(2)33-35(29(26)37)23-9-5-7-21(16-23)31(39)40)27-19(3)34-36(30(27)38)24-10-6-8-22(17-24)32(41)42/h4-14,16-17,28,33-34H,1,15H2,2-3H3,(H,39,40)(H,41,42). The molecule has 0 radical (unpaired) electrons. The van der Waals surface area contributed by atoms with Crippen molar-refractivity contribution in [3.8, 4) is 17.1 Å². The normalized spacial score (nSPS) is 11.0. The molecule has 5 rings (SSSR count). The quantitative estimate of drug-likeness (QED) is 0.178. The van der Waals surface area contributed by atoms with Crippen LogP contribution in [0.15, 0.2) is 95.0 Å². The monoisotopic (exact) mass is 580 g/mol. The van der Waals surface area contributed by atoms with Crippen LogP contribution in [0.25, 0.3) is 11.4 Å². The van der Waals surface area contributed by atoms with Crippen LogP contribution in [0.2, 0.25) is 0 Å². The van der Waals surface area contributed by atoms with Crippen molar-refractivity contribution in [1.29, 1.82) is 0 Å². The molecule has 0 atom stereocenters. The Morgan fingerprint density at radius 1 is 0.814 bits per heavy atom. The molecular weight excluding hydrogens is 552 g/mol. The fourth-order valence-electron chi connectivity index (χ4n) is 5.11. The third-order valence-corrected chi connectivity index (χ3v) is 7.10. The first-order valence-electron chi connectivity index (χ1n) is 13.2. The highest BCUT2D eigenvalue weighted by Gasteiger charge is 2.31. The van der Waals surface area contributed by atoms with E-state index in [-0.39, 0.29) is 22.3 Å². The molecule has 0 amide bonds. The first kappa shape index (κ1) is 28.7. The first-order valence-corrected chi connectivity index (χ1v) is 13.2. The zero-order chi connectivity index (χ0) is 30.8. The van der Waals surface area contributed by atoms with Gasteiger partial charge in [-0.1, -0.05) is 36.9 Å². The molecule has 0 aliphatic heterocycles. The fourth-order valence-corrected chi connectivity index (χ4v) is 5.11. The SMILES string of the molecule is C=CCOc1ccc(C(c2c(C)[nH]n(-c3cccc(C(=O)O)c3)c2=O)c2c(C)[nH]n(-c3cccc(C(=O)O)c3)c2=O)cc1. The number of carbonyl (C=O) groups is 2. The number of nitrogens with zero attached hydrogens (tertiary/aromatic N) is 2. The number of ether oxygens (including phenoxy) is 1. The summed E-state index contributed by atoms with van der Waals surface area (Å²) in [5.74, 6) is -2.55. The highest BCUT2D eigenvalue weighted by molar-refractivity contribution is 5.88. The summed E-state index contributed by atoms with van der Waals surface area (Å²) in [7, 11) is 0. The summed E-state index contributed by atoms with van der Waals surface area (Å²) in [6.07, 6.45) is 1.62. The summed E-state index contributed by atoms with van der Waals surface area (Å²) in [5.41, 5.74) is 1.88. The van der Waals surface area contributed by atoms with E-state index in [1.165, 1.54) is 33.6 Å². The summed E-state index contributed by atoms with van der Waals surface area (Å²) in [5, 5.41) is 25.0. The van der Waals surface area contributed by atoms with Crippen LogP contribution in [0.3, 0.4) is 0 Å². The highest BCUT2D eigenvalue weighted by Crippen LogP contribution is 2.33. The Hall–Kier alpha value is -5.84. The maximum Gasteiger partial charge on any atom is 0.335 e. The van der Waals surface area contributed by atoms with Gasteiger partial charge in [0, 0.05) is 17.3 Å². The average Bonchev–Trinajstić information content (AvgIpc) is 3.47. The van der Waals surface area contributed by atoms with Gasteiger partial charge >= 0.3 is 11.9 Å². The third kappa shape index (κ3) is 5.43. The van der Waals surface area contributed by atoms with E-state index in [0.717, 1.165) is 0 Å². The number of nitrogens with one attached hydrogen (secondary N) is 2. The second kappa shape index (κ2) is 11.6. The summed E-state index contributed by atoms with van der Waals surface area (Å²) in [6, 6.07) is 18.9. The Morgan fingerprint density at radius 2 is 1.28 bits per heavy atom. The molecule has 43 heavy (non-hydrogen) atoms. The van der Waals surface area contributed by atoms with Crippen molar-refractivity contribution in [3.63, 3.8) is 0 Å². The molecule has 0 fully saturated rings. The van der Waals surface area contributed by atoms with E-state index in [4.69, 9.17) is 4.74 Å². The van der Waals surface area contributed by atoms with Gasteiger partial charge in [0.2, 0.25) is 0 Å². The molecule has 0 saturated carbocycles. The Bertz CT molecular complexity index is 1860. The van der Waals surface area contributed by atoms with Gasteiger partial charge in [0.1, 0.15) is 12.4 Å². The van der Waals surface area contributed by atoms with Crippen molar-refractivity contribution in [2.45, 2.75) is 19.8 Å². The number of H-pyrrole nitrogens is 2. The van der Waals surface area contributed by atoms with E-state index in [1.54, 1.807) is 68.5 Å². The van der Waals surface area contributed by atoms with Gasteiger partial charge in [-0.3, -0.25) is 19.8 Å². The predicted molar refractivity (Wildman–Crippen MR) is 159 cm³/mol. The maximum absolute atomic E-state index is 14.1. The van der Waals surface area contributed by atoms with E-state index in [9.17, 15) is 29.4 Å². The predicted octanol–water partition coefficient (Wildman–Crippen LogP) is 4.40. The first-order chi connectivity index (χ1) is 20.6. The fraction of sp³-hybridized carbons (Fsp3) is 0.125. The average molecular weight is 581 g/mol.